The lowest BCUT2D eigenvalue weighted by molar-refractivity contribution is 0.0960. The molecule has 152 valence electrons. The molecule has 0 bridgehead atoms. The van der Waals surface area contributed by atoms with E-state index in [9.17, 15) is 13.6 Å². The third-order valence-electron chi connectivity index (χ3n) is 5.85. The van der Waals surface area contributed by atoms with Gasteiger partial charge in [0.15, 0.2) is 0 Å². The van der Waals surface area contributed by atoms with Crippen molar-refractivity contribution in [1.29, 1.82) is 0 Å². The monoisotopic (exact) mass is 407 g/mol. The Hall–Kier alpha value is -3.42. The van der Waals surface area contributed by atoms with Crippen molar-refractivity contribution in [1.82, 2.24) is 20.5 Å². The molecule has 0 radical (unpaired) electrons. The average molecular weight is 407 g/mol. The van der Waals surface area contributed by atoms with E-state index < -0.39 is 17.4 Å². The minimum absolute atomic E-state index is 0.0863. The Morgan fingerprint density at radius 2 is 2.03 bits per heavy atom. The molecule has 0 saturated heterocycles. The van der Waals surface area contributed by atoms with Gasteiger partial charge in [-0.25, -0.2) is 8.78 Å². The van der Waals surface area contributed by atoms with Crippen LogP contribution in [-0.4, -0.2) is 33.8 Å². The van der Waals surface area contributed by atoms with Gasteiger partial charge >= 0.3 is 0 Å². The fraction of sp³-hybridized carbons (Fsp3) is 0.273. The first-order valence-corrected chi connectivity index (χ1v) is 9.78. The van der Waals surface area contributed by atoms with Crippen LogP contribution in [0.1, 0.15) is 34.5 Å². The number of rotatable bonds is 5. The number of hydrogen-bond acceptors (Lipinski definition) is 5. The molecule has 2 N–H and O–H groups in total. The Bertz CT molecular complexity index is 1110. The summed E-state index contributed by atoms with van der Waals surface area (Å²) in [7, 11) is 0. The summed E-state index contributed by atoms with van der Waals surface area (Å²) in [5.74, 6) is 0.000711. The van der Waals surface area contributed by atoms with Crippen LogP contribution in [-0.2, 0) is 12.0 Å². The number of pyridine rings is 1. The lowest BCUT2D eigenvalue weighted by Gasteiger charge is -2.44. The van der Waals surface area contributed by atoms with E-state index in [0.29, 0.717) is 30.2 Å². The van der Waals surface area contributed by atoms with Gasteiger partial charge in [-0.3, -0.25) is 9.78 Å². The van der Waals surface area contributed by atoms with Crippen LogP contribution in [0.15, 0.2) is 48.7 Å². The first kappa shape index (κ1) is 18.6. The van der Waals surface area contributed by atoms with Gasteiger partial charge in [-0.2, -0.15) is 0 Å². The smallest absolute Gasteiger partial charge is 0.251 e. The molecule has 8 heteroatoms. The molecule has 2 aliphatic rings. The summed E-state index contributed by atoms with van der Waals surface area (Å²) in [6, 6.07) is 12.1. The van der Waals surface area contributed by atoms with Gasteiger partial charge < -0.3 is 10.6 Å². The number of hydrogen-bond donors (Lipinski definition) is 2. The van der Waals surface area contributed by atoms with Crippen molar-refractivity contribution >= 4 is 11.7 Å². The zero-order chi connectivity index (χ0) is 20.7. The highest BCUT2D eigenvalue weighted by atomic mass is 19.1. The molecular formula is C22H19F2N5O. The molecular weight excluding hydrogens is 388 g/mol. The molecule has 1 fully saturated rings. The van der Waals surface area contributed by atoms with Crippen molar-refractivity contribution in [2.45, 2.75) is 31.0 Å². The number of aromatic nitrogens is 3. The maximum atomic E-state index is 14.3. The Balaban J connectivity index is 1.32. The number of nitrogens with zero attached hydrogens (tertiary/aromatic N) is 3. The topological polar surface area (TPSA) is 79.8 Å². The minimum atomic E-state index is -0.960. The molecule has 0 unspecified atom stereocenters. The molecule has 1 aliphatic heterocycles. The summed E-state index contributed by atoms with van der Waals surface area (Å²) in [5, 5.41) is 14.4. The molecule has 0 spiro atoms. The maximum Gasteiger partial charge on any atom is 0.251 e. The first-order chi connectivity index (χ1) is 14.5. The summed E-state index contributed by atoms with van der Waals surface area (Å²) in [5.41, 5.74) is 2.65. The predicted molar refractivity (Wildman–Crippen MR) is 107 cm³/mol. The van der Waals surface area contributed by atoms with Crippen LogP contribution >= 0.6 is 0 Å². The van der Waals surface area contributed by atoms with Gasteiger partial charge in [0.25, 0.3) is 5.91 Å². The Morgan fingerprint density at radius 1 is 1.17 bits per heavy atom. The van der Waals surface area contributed by atoms with Gasteiger partial charge in [0.1, 0.15) is 17.8 Å². The fourth-order valence-corrected chi connectivity index (χ4v) is 4.20. The van der Waals surface area contributed by atoms with Crippen molar-refractivity contribution in [2.24, 2.45) is 0 Å². The summed E-state index contributed by atoms with van der Waals surface area (Å²) in [6.45, 7) is 0.857. The van der Waals surface area contributed by atoms with E-state index in [1.807, 2.05) is 18.2 Å². The molecule has 30 heavy (non-hydrogen) atoms. The normalized spacial score (nSPS) is 22.2. The second kappa shape index (κ2) is 7.12. The first-order valence-electron chi connectivity index (χ1n) is 9.78. The van der Waals surface area contributed by atoms with Crippen LogP contribution in [0.5, 0.6) is 0 Å². The van der Waals surface area contributed by atoms with Gasteiger partial charge in [0, 0.05) is 35.8 Å². The van der Waals surface area contributed by atoms with E-state index in [4.69, 9.17) is 0 Å². The largest absolute Gasteiger partial charge is 0.368 e. The summed E-state index contributed by atoms with van der Waals surface area (Å²) in [4.78, 5) is 16.0. The van der Waals surface area contributed by atoms with Gasteiger partial charge in [0.05, 0.1) is 11.4 Å². The number of amides is 1. The molecule has 0 atom stereocenters. The van der Waals surface area contributed by atoms with Crippen LogP contribution < -0.4 is 10.6 Å². The van der Waals surface area contributed by atoms with Crippen molar-refractivity contribution in [3.8, 4) is 11.3 Å². The maximum absolute atomic E-state index is 14.3. The second-order valence-corrected chi connectivity index (χ2v) is 7.83. The standard InChI is InChI=1S/C22H19F2N5O/c23-15-9-22(10-15,20-17(24)2-1-7-25-20)12-27-19-6-5-18(28-29-19)13-3-4-14-11-26-21(30)16(14)8-13/h1-8,15H,9-12H2,(H,26,30)(H,27,29)/t15-,22-. The van der Waals surface area contributed by atoms with Crippen molar-refractivity contribution in [3.63, 3.8) is 0 Å². The van der Waals surface area contributed by atoms with Crippen molar-refractivity contribution in [2.75, 3.05) is 11.9 Å². The van der Waals surface area contributed by atoms with E-state index >= 15 is 0 Å². The quantitative estimate of drug-likeness (QED) is 0.678. The van der Waals surface area contributed by atoms with Gasteiger partial charge in [0.2, 0.25) is 0 Å². The highest BCUT2D eigenvalue weighted by Crippen LogP contribution is 2.45. The summed E-state index contributed by atoms with van der Waals surface area (Å²) >= 11 is 0. The van der Waals surface area contributed by atoms with E-state index in [-0.39, 0.29) is 24.4 Å². The van der Waals surface area contributed by atoms with Crippen LogP contribution in [0.25, 0.3) is 11.3 Å². The number of anilines is 1. The highest BCUT2D eigenvalue weighted by molar-refractivity contribution is 5.99. The number of alkyl halides is 1. The third-order valence-corrected chi connectivity index (χ3v) is 5.85. The molecule has 1 aromatic carbocycles. The molecule has 1 amide bonds. The molecule has 1 aliphatic carbocycles. The molecule has 5 rings (SSSR count). The van der Waals surface area contributed by atoms with E-state index in [1.165, 1.54) is 18.3 Å². The van der Waals surface area contributed by atoms with E-state index in [2.05, 4.69) is 25.8 Å². The average Bonchev–Trinajstić information content (AvgIpc) is 3.11. The van der Waals surface area contributed by atoms with Crippen LogP contribution in [0.3, 0.4) is 0 Å². The SMILES string of the molecule is O=C1NCc2ccc(-c3ccc(NC[C@]4(c5ncccc5F)C[C@H](F)C4)nn3)cc21. The minimum Gasteiger partial charge on any atom is -0.368 e. The Morgan fingerprint density at radius 3 is 2.77 bits per heavy atom. The van der Waals surface area contributed by atoms with Crippen LogP contribution in [0.2, 0.25) is 0 Å². The summed E-state index contributed by atoms with van der Waals surface area (Å²) in [6.07, 6.45) is 1.00. The second-order valence-electron chi connectivity index (χ2n) is 7.83. The van der Waals surface area contributed by atoms with Gasteiger partial charge in [-0.05, 0) is 48.7 Å². The highest BCUT2D eigenvalue weighted by Gasteiger charge is 2.48. The molecule has 6 nitrogen and oxygen atoms in total. The lowest BCUT2D eigenvalue weighted by Crippen LogP contribution is -2.49. The molecule has 2 aromatic heterocycles. The van der Waals surface area contributed by atoms with Gasteiger partial charge in [-0.1, -0.05) is 12.1 Å². The zero-order valence-corrected chi connectivity index (χ0v) is 16.0. The number of benzene rings is 1. The molecule has 3 aromatic rings. The van der Waals surface area contributed by atoms with Gasteiger partial charge in [-0.15, -0.1) is 10.2 Å². The van der Waals surface area contributed by atoms with E-state index in [1.54, 1.807) is 12.1 Å². The van der Waals surface area contributed by atoms with Crippen LogP contribution in [0.4, 0.5) is 14.6 Å². The van der Waals surface area contributed by atoms with Crippen molar-refractivity contribution < 1.29 is 13.6 Å². The van der Waals surface area contributed by atoms with Crippen molar-refractivity contribution in [3.05, 3.63) is 71.3 Å². The Labute approximate surface area is 171 Å². The third kappa shape index (κ3) is 3.18. The molecule has 1 saturated carbocycles. The zero-order valence-electron chi connectivity index (χ0n) is 16.0. The fourth-order valence-electron chi connectivity index (χ4n) is 4.20. The van der Waals surface area contributed by atoms with E-state index in [0.717, 1.165) is 11.1 Å². The molecule has 3 heterocycles. The number of carbonyl (C=O) groups excluding carboxylic acids is 1. The Kier molecular flexibility index (Phi) is 4.42. The predicted octanol–water partition coefficient (Wildman–Crippen LogP) is 3.40. The number of nitrogens with one attached hydrogen (secondary N) is 2. The number of carbonyl (C=O) groups is 1. The summed E-state index contributed by atoms with van der Waals surface area (Å²) < 4.78 is 27.9. The van der Waals surface area contributed by atoms with Crippen LogP contribution in [0, 0.1) is 5.82 Å². The number of halogens is 2. The number of fused-ring (bicyclic) bond motifs is 1. The lowest BCUT2D eigenvalue weighted by atomic mass is 9.65.